The van der Waals surface area contributed by atoms with Crippen molar-refractivity contribution in [2.24, 2.45) is 5.73 Å². The molecule has 3 N–H and O–H groups in total. The molecule has 0 saturated heterocycles. The van der Waals surface area contributed by atoms with Crippen LogP contribution in [0, 0.1) is 0 Å². The molecule has 0 aliphatic heterocycles. The average molecular weight is 306 g/mol. The summed E-state index contributed by atoms with van der Waals surface area (Å²) in [6, 6.07) is 9.30. The molecule has 5 heteroatoms. The maximum absolute atomic E-state index is 12.4. The molecule has 5 nitrogen and oxygen atoms in total. The lowest BCUT2D eigenvalue weighted by Gasteiger charge is -2.27. The third-order valence-corrected chi connectivity index (χ3v) is 3.36. The van der Waals surface area contributed by atoms with Crippen molar-refractivity contribution < 1.29 is 14.3 Å². The van der Waals surface area contributed by atoms with Crippen molar-refractivity contribution >= 4 is 11.9 Å². The zero-order valence-corrected chi connectivity index (χ0v) is 13.8. The van der Waals surface area contributed by atoms with E-state index < -0.39 is 17.2 Å². The van der Waals surface area contributed by atoms with Crippen LogP contribution < -0.4 is 11.1 Å². The number of carbonyl (C=O) groups is 2. The summed E-state index contributed by atoms with van der Waals surface area (Å²) in [7, 11) is 0. The van der Waals surface area contributed by atoms with E-state index in [1.165, 1.54) is 0 Å². The molecule has 0 saturated carbocycles. The van der Waals surface area contributed by atoms with E-state index >= 15 is 0 Å². The molecule has 1 rings (SSSR count). The number of alkyl carbamates (subject to hydrolysis) is 1. The van der Waals surface area contributed by atoms with Gasteiger partial charge in [0, 0.05) is 13.0 Å². The number of hydrogen-bond acceptors (Lipinski definition) is 4. The fourth-order valence-electron chi connectivity index (χ4n) is 2.11. The van der Waals surface area contributed by atoms with E-state index in [0.29, 0.717) is 6.42 Å². The number of ether oxygens (including phenoxy) is 1. The minimum Gasteiger partial charge on any atom is -0.444 e. The molecule has 1 atom stereocenters. The first-order valence-corrected chi connectivity index (χ1v) is 7.53. The van der Waals surface area contributed by atoms with Gasteiger partial charge in [-0.1, -0.05) is 37.3 Å². The summed E-state index contributed by atoms with van der Waals surface area (Å²) < 4.78 is 5.12. The number of benzene rings is 1. The summed E-state index contributed by atoms with van der Waals surface area (Å²) >= 11 is 0. The first-order chi connectivity index (χ1) is 10.2. The molecular formula is C17H26N2O3. The van der Waals surface area contributed by atoms with Crippen LogP contribution in [-0.2, 0) is 15.1 Å². The van der Waals surface area contributed by atoms with Gasteiger partial charge in [0.25, 0.3) is 0 Å². The zero-order valence-electron chi connectivity index (χ0n) is 13.8. The smallest absolute Gasteiger partial charge is 0.407 e. The van der Waals surface area contributed by atoms with Gasteiger partial charge < -0.3 is 15.8 Å². The summed E-state index contributed by atoms with van der Waals surface area (Å²) in [5, 5.41) is 2.58. The fraction of sp³-hybridized carbons (Fsp3) is 0.529. The van der Waals surface area contributed by atoms with Crippen LogP contribution in [0.4, 0.5) is 4.79 Å². The molecule has 1 amide bonds. The number of ketones is 1. The highest BCUT2D eigenvalue weighted by atomic mass is 16.6. The summed E-state index contributed by atoms with van der Waals surface area (Å²) in [6.07, 6.45) is 0.139. The van der Waals surface area contributed by atoms with E-state index in [-0.39, 0.29) is 18.7 Å². The van der Waals surface area contributed by atoms with Crippen molar-refractivity contribution in [1.29, 1.82) is 0 Å². The van der Waals surface area contributed by atoms with E-state index in [1.54, 1.807) is 20.8 Å². The monoisotopic (exact) mass is 306 g/mol. The topological polar surface area (TPSA) is 81.4 Å². The molecule has 0 radical (unpaired) electrons. The van der Waals surface area contributed by atoms with Gasteiger partial charge in [-0.3, -0.25) is 4.79 Å². The largest absolute Gasteiger partial charge is 0.444 e. The molecule has 0 spiro atoms. The lowest BCUT2D eigenvalue weighted by Crippen LogP contribution is -2.45. The minimum absolute atomic E-state index is 0.0998. The van der Waals surface area contributed by atoms with Gasteiger partial charge in [-0.2, -0.15) is 0 Å². The first kappa shape index (κ1) is 18.2. The van der Waals surface area contributed by atoms with Crippen LogP contribution in [0.5, 0.6) is 0 Å². The molecule has 1 aromatic carbocycles. The molecule has 1 aromatic rings. The second-order valence-electron chi connectivity index (χ2n) is 6.29. The quantitative estimate of drug-likeness (QED) is 0.846. The number of rotatable bonds is 6. The molecule has 0 aromatic heterocycles. The van der Waals surface area contributed by atoms with Crippen LogP contribution in [0.1, 0.15) is 46.1 Å². The molecule has 0 heterocycles. The Hall–Kier alpha value is -1.88. The molecule has 0 bridgehead atoms. The Morgan fingerprint density at radius 1 is 1.18 bits per heavy atom. The van der Waals surface area contributed by atoms with Crippen molar-refractivity contribution in [3.8, 4) is 0 Å². The Bertz CT molecular complexity index is 508. The van der Waals surface area contributed by atoms with Crippen LogP contribution >= 0.6 is 0 Å². The Kier molecular flexibility index (Phi) is 6.11. The van der Waals surface area contributed by atoms with Crippen molar-refractivity contribution in [2.75, 3.05) is 6.54 Å². The summed E-state index contributed by atoms with van der Waals surface area (Å²) in [6.45, 7) is 7.45. The maximum Gasteiger partial charge on any atom is 0.407 e. The molecule has 0 aliphatic carbocycles. The fourth-order valence-corrected chi connectivity index (χ4v) is 2.11. The number of nitrogens with one attached hydrogen (secondary N) is 1. The highest BCUT2D eigenvalue weighted by Crippen LogP contribution is 2.24. The number of hydrogen-bond donors (Lipinski definition) is 2. The Morgan fingerprint density at radius 3 is 2.27 bits per heavy atom. The number of nitrogens with two attached hydrogens (primary N) is 1. The van der Waals surface area contributed by atoms with E-state index in [4.69, 9.17) is 10.5 Å². The summed E-state index contributed by atoms with van der Waals surface area (Å²) in [5.41, 5.74) is 5.51. The molecular weight excluding hydrogens is 280 g/mol. The lowest BCUT2D eigenvalue weighted by atomic mass is 9.83. The third-order valence-electron chi connectivity index (χ3n) is 3.36. The predicted molar refractivity (Wildman–Crippen MR) is 86.5 cm³/mol. The molecule has 22 heavy (non-hydrogen) atoms. The molecule has 0 fully saturated rings. The molecule has 1 unspecified atom stereocenters. The molecule has 0 aliphatic rings. The van der Waals surface area contributed by atoms with Crippen molar-refractivity contribution in [1.82, 2.24) is 5.32 Å². The number of Topliss-reactive ketones (excluding diaryl/α,β-unsaturated/α-hetero) is 1. The SMILES string of the molecule is CCC(N)(C(=O)CCNC(=O)OC(C)(C)C)c1ccccc1. The first-order valence-electron chi connectivity index (χ1n) is 7.53. The van der Waals surface area contributed by atoms with E-state index in [1.807, 2.05) is 37.3 Å². The Balaban J connectivity index is 2.58. The summed E-state index contributed by atoms with van der Waals surface area (Å²) in [4.78, 5) is 24.0. The van der Waals surface area contributed by atoms with Crippen LogP contribution in [0.3, 0.4) is 0 Å². The van der Waals surface area contributed by atoms with Crippen molar-refractivity contribution in [2.45, 2.75) is 51.7 Å². The predicted octanol–water partition coefficient (Wildman–Crippen LogP) is 2.73. The third kappa shape index (κ3) is 5.15. The van der Waals surface area contributed by atoms with Gasteiger partial charge in [0.15, 0.2) is 5.78 Å². The van der Waals surface area contributed by atoms with Gasteiger partial charge in [0.1, 0.15) is 11.1 Å². The van der Waals surface area contributed by atoms with Gasteiger partial charge in [0.2, 0.25) is 0 Å². The van der Waals surface area contributed by atoms with Crippen LogP contribution in [-0.4, -0.2) is 24.0 Å². The van der Waals surface area contributed by atoms with Gasteiger partial charge in [0.05, 0.1) is 0 Å². The normalized spacial score (nSPS) is 14.0. The van der Waals surface area contributed by atoms with Gasteiger partial charge >= 0.3 is 6.09 Å². The Morgan fingerprint density at radius 2 is 1.77 bits per heavy atom. The van der Waals surface area contributed by atoms with Crippen LogP contribution in [0.2, 0.25) is 0 Å². The maximum atomic E-state index is 12.4. The molecule has 122 valence electrons. The van der Waals surface area contributed by atoms with Gasteiger partial charge in [-0.15, -0.1) is 0 Å². The average Bonchev–Trinajstić information content (AvgIpc) is 2.45. The van der Waals surface area contributed by atoms with Crippen molar-refractivity contribution in [3.05, 3.63) is 35.9 Å². The van der Waals surface area contributed by atoms with E-state index in [0.717, 1.165) is 5.56 Å². The Labute approximate surface area is 132 Å². The van der Waals surface area contributed by atoms with E-state index in [2.05, 4.69) is 5.32 Å². The van der Waals surface area contributed by atoms with Crippen molar-refractivity contribution in [3.63, 3.8) is 0 Å². The second kappa shape index (κ2) is 7.40. The lowest BCUT2D eigenvalue weighted by molar-refractivity contribution is -0.124. The standard InChI is InChI=1S/C17H26N2O3/c1-5-17(18,13-9-7-6-8-10-13)14(20)11-12-19-15(21)22-16(2,3)4/h6-10H,5,11-12,18H2,1-4H3,(H,19,21). The highest BCUT2D eigenvalue weighted by molar-refractivity contribution is 5.89. The van der Waals surface area contributed by atoms with Crippen LogP contribution in [0.25, 0.3) is 0 Å². The van der Waals surface area contributed by atoms with E-state index in [9.17, 15) is 9.59 Å². The van der Waals surface area contributed by atoms with Gasteiger partial charge in [-0.25, -0.2) is 4.79 Å². The number of carbonyl (C=O) groups excluding carboxylic acids is 2. The highest BCUT2D eigenvalue weighted by Gasteiger charge is 2.33. The number of amides is 1. The van der Waals surface area contributed by atoms with Gasteiger partial charge in [-0.05, 0) is 32.8 Å². The minimum atomic E-state index is -1.02. The van der Waals surface area contributed by atoms with Crippen LogP contribution in [0.15, 0.2) is 30.3 Å². The second-order valence-corrected chi connectivity index (χ2v) is 6.29. The summed E-state index contributed by atoms with van der Waals surface area (Å²) in [5.74, 6) is -0.0998. The zero-order chi connectivity index (χ0) is 16.8.